The van der Waals surface area contributed by atoms with E-state index in [2.05, 4.69) is 59.9 Å². The van der Waals surface area contributed by atoms with E-state index in [-0.39, 0.29) is 5.56 Å². The first-order chi connectivity index (χ1) is 13.1. The molecule has 2 heterocycles. The molecule has 0 amide bonds. The second-order valence-electron chi connectivity index (χ2n) is 7.03. The highest BCUT2D eigenvalue weighted by molar-refractivity contribution is 5.89. The Hall–Kier alpha value is -2.85. The Labute approximate surface area is 158 Å². The molecule has 4 heteroatoms. The van der Waals surface area contributed by atoms with Crippen LogP contribution in [0.4, 0.5) is 0 Å². The van der Waals surface area contributed by atoms with Crippen LogP contribution >= 0.6 is 0 Å². The zero-order valence-electron chi connectivity index (χ0n) is 16.0. The Morgan fingerprint density at radius 2 is 1.63 bits per heavy atom. The van der Waals surface area contributed by atoms with Crippen LogP contribution in [-0.2, 0) is 0 Å². The normalized spacial score (nSPS) is 12.9. The number of rotatable bonds is 5. The molecule has 0 saturated heterocycles. The van der Waals surface area contributed by atoms with Gasteiger partial charge in [-0.1, -0.05) is 38.1 Å². The van der Waals surface area contributed by atoms with Crippen molar-refractivity contribution in [3.05, 3.63) is 70.5 Å². The van der Waals surface area contributed by atoms with Gasteiger partial charge in [-0.3, -0.25) is 9.69 Å². The van der Waals surface area contributed by atoms with Crippen LogP contribution < -0.4 is 5.56 Å². The van der Waals surface area contributed by atoms with Crippen LogP contribution in [0.15, 0.2) is 59.4 Å². The summed E-state index contributed by atoms with van der Waals surface area (Å²) in [6.45, 7) is 8.69. The van der Waals surface area contributed by atoms with Crippen molar-refractivity contribution in [3.63, 3.8) is 0 Å². The standard InChI is InChI=1S/C23H25N3O/c1-4-26(5-2)15(3)16-10-11-21-18(12-16)14-22(24-21)19-13-17-8-6-7-9-20(17)25-23(19)27/h6-15,24H,4-5H2,1-3H3,(H,25,27). The lowest BCUT2D eigenvalue weighted by Crippen LogP contribution is -2.26. The van der Waals surface area contributed by atoms with Crippen molar-refractivity contribution < 1.29 is 0 Å². The Balaban J connectivity index is 1.78. The zero-order chi connectivity index (χ0) is 19.0. The van der Waals surface area contributed by atoms with Crippen molar-refractivity contribution in [1.82, 2.24) is 14.9 Å². The lowest BCUT2D eigenvalue weighted by molar-refractivity contribution is 0.234. The molecule has 1 unspecified atom stereocenters. The number of nitrogens with one attached hydrogen (secondary N) is 2. The smallest absolute Gasteiger partial charge is 0.257 e. The first-order valence-electron chi connectivity index (χ1n) is 9.60. The largest absolute Gasteiger partial charge is 0.354 e. The minimum atomic E-state index is -0.0722. The monoisotopic (exact) mass is 359 g/mol. The summed E-state index contributed by atoms with van der Waals surface area (Å²) in [5, 5.41) is 2.16. The molecule has 0 aliphatic rings. The highest BCUT2D eigenvalue weighted by Gasteiger charge is 2.14. The Morgan fingerprint density at radius 1 is 0.889 bits per heavy atom. The van der Waals surface area contributed by atoms with Crippen molar-refractivity contribution in [1.29, 1.82) is 0 Å². The van der Waals surface area contributed by atoms with E-state index in [0.717, 1.165) is 40.6 Å². The van der Waals surface area contributed by atoms with Crippen LogP contribution in [0.5, 0.6) is 0 Å². The summed E-state index contributed by atoms with van der Waals surface area (Å²) in [5.74, 6) is 0. The van der Waals surface area contributed by atoms with Gasteiger partial charge in [0.05, 0.1) is 11.3 Å². The molecule has 2 N–H and O–H groups in total. The van der Waals surface area contributed by atoms with Gasteiger partial charge >= 0.3 is 0 Å². The fourth-order valence-electron chi connectivity index (χ4n) is 3.89. The number of hydrogen-bond donors (Lipinski definition) is 2. The third-order valence-corrected chi connectivity index (χ3v) is 5.53. The molecular weight excluding hydrogens is 334 g/mol. The molecule has 4 nitrogen and oxygen atoms in total. The number of pyridine rings is 1. The number of aromatic amines is 2. The van der Waals surface area contributed by atoms with Gasteiger partial charge in [0, 0.05) is 22.5 Å². The summed E-state index contributed by atoms with van der Waals surface area (Å²) in [4.78, 5) is 21.4. The summed E-state index contributed by atoms with van der Waals surface area (Å²) in [6.07, 6.45) is 0. The molecule has 4 aromatic rings. The molecule has 0 bridgehead atoms. The molecule has 27 heavy (non-hydrogen) atoms. The van der Waals surface area contributed by atoms with Crippen LogP contribution in [0.3, 0.4) is 0 Å². The van der Waals surface area contributed by atoms with Gasteiger partial charge in [0.1, 0.15) is 0 Å². The summed E-state index contributed by atoms with van der Waals surface area (Å²) < 4.78 is 0. The topological polar surface area (TPSA) is 51.9 Å². The first kappa shape index (κ1) is 17.6. The predicted molar refractivity (Wildman–Crippen MR) is 113 cm³/mol. The highest BCUT2D eigenvalue weighted by Crippen LogP contribution is 2.28. The Kier molecular flexibility index (Phi) is 4.58. The molecule has 2 aromatic heterocycles. The third-order valence-electron chi connectivity index (χ3n) is 5.53. The SMILES string of the molecule is CCN(CC)C(C)c1ccc2[nH]c(-c3cc4ccccc4[nH]c3=O)cc2c1. The molecule has 0 saturated carbocycles. The second kappa shape index (κ2) is 7.05. The van der Waals surface area contributed by atoms with Gasteiger partial charge in [-0.25, -0.2) is 0 Å². The van der Waals surface area contributed by atoms with Crippen molar-refractivity contribution in [3.8, 4) is 11.3 Å². The number of hydrogen-bond acceptors (Lipinski definition) is 2. The first-order valence-corrected chi connectivity index (χ1v) is 9.60. The molecule has 0 radical (unpaired) electrons. The van der Waals surface area contributed by atoms with E-state index in [1.807, 2.05) is 30.3 Å². The number of nitrogens with zero attached hydrogens (tertiary/aromatic N) is 1. The fourth-order valence-corrected chi connectivity index (χ4v) is 3.89. The average Bonchev–Trinajstić information content (AvgIpc) is 3.11. The van der Waals surface area contributed by atoms with E-state index in [9.17, 15) is 4.79 Å². The van der Waals surface area contributed by atoms with Gasteiger partial charge in [0.15, 0.2) is 0 Å². The number of aromatic nitrogens is 2. The van der Waals surface area contributed by atoms with Crippen LogP contribution in [-0.4, -0.2) is 28.0 Å². The number of para-hydroxylation sites is 1. The number of fused-ring (bicyclic) bond motifs is 2. The van der Waals surface area contributed by atoms with E-state index >= 15 is 0 Å². The number of benzene rings is 2. The van der Waals surface area contributed by atoms with Gasteiger partial charge in [-0.15, -0.1) is 0 Å². The summed E-state index contributed by atoms with van der Waals surface area (Å²) in [6, 6.07) is 18.8. The fraction of sp³-hybridized carbons (Fsp3) is 0.261. The number of H-pyrrole nitrogens is 2. The molecule has 2 aromatic carbocycles. The maximum absolute atomic E-state index is 12.6. The summed E-state index contributed by atoms with van der Waals surface area (Å²) in [5.41, 5.74) is 4.65. The van der Waals surface area contributed by atoms with Gasteiger partial charge in [-0.05, 0) is 61.3 Å². The molecule has 1 atom stereocenters. The van der Waals surface area contributed by atoms with E-state index < -0.39 is 0 Å². The summed E-state index contributed by atoms with van der Waals surface area (Å²) >= 11 is 0. The van der Waals surface area contributed by atoms with E-state index in [4.69, 9.17) is 0 Å². The minimum Gasteiger partial charge on any atom is -0.354 e. The zero-order valence-corrected chi connectivity index (χ0v) is 16.0. The van der Waals surface area contributed by atoms with Crippen molar-refractivity contribution in [2.75, 3.05) is 13.1 Å². The van der Waals surface area contributed by atoms with Crippen LogP contribution in [0.1, 0.15) is 32.4 Å². The van der Waals surface area contributed by atoms with E-state index in [1.165, 1.54) is 5.56 Å². The van der Waals surface area contributed by atoms with Crippen molar-refractivity contribution >= 4 is 21.8 Å². The summed E-state index contributed by atoms with van der Waals surface area (Å²) in [7, 11) is 0. The van der Waals surface area contributed by atoms with E-state index in [0.29, 0.717) is 11.6 Å². The van der Waals surface area contributed by atoms with Crippen molar-refractivity contribution in [2.45, 2.75) is 26.8 Å². The molecule has 0 fully saturated rings. The van der Waals surface area contributed by atoms with Gasteiger partial charge in [0.25, 0.3) is 5.56 Å². The third kappa shape index (κ3) is 3.17. The molecule has 0 aliphatic heterocycles. The molecule has 0 aliphatic carbocycles. The van der Waals surface area contributed by atoms with Crippen LogP contribution in [0.25, 0.3) is 33.1 Å². The lowest BCUT2D eigenvalue weighted by Gasteiger charge is -2.26. The van der Waals surface area contributed by atoms with Gasteiger partial charge in [0.2, 0.25) is 0 Å². The second-order valence-corrected chi connectivity index (χ2v) is 7.03. The Morgan fingerprint density at radius 3 is 2.41 bits per heavy atom. The lowest BCUT2D eigenvalue weighted by atomic mass is 10.0. The molecule has 4 rings (SSSR count). The molecular formula is C23H25N3O. The van der Waals surface area contributed by atoms with Crippen LogP contribution in [0.2, 0.25) is 0 Å². The maximum Gasteiger partial charge on any atom is 0.257 e. The van der Waals surface area contributed by atoms with Gasteiger partial charge < -0.3 is 9.97 Å². The average molecular weight is 359 g/mol. The van der Waals surface area contributed by atoms with Crippen molar-refractivity contribution in [2.24, 2.45) is 0 Å². The quantitative estimate of drug-likeness (QED) is 0.522. The molecule has 138 valence electrons. The van der Waals surface area contributed by atoms with Gasteiger partial charge in [-0.2, -0.15) is 0 Å². The van der Waals surface area contributed by atoms with Crippen LogP contribution in [0, 0.1) is 0 Å². The molecule has 0 spiro atoms. The predicted octanol–water partition coefficient (Wildman–Crippen LogP) is 5.08. The van der Waals surface area contributed by atoms with E-state index in [1.54, 1.807) is 0 Å². The minimum absolute atomic E-state index is 0.0722. The maximum atomic E-state index is 12.6. The Bertz CT molecular complexity index is 1150. The highest BCUT2D eigenvalue weighted by atomic mass is 16.1.